The zero-order valence-corrected chi connectivity index (χ0v) is 25.3. The summed E-state index contributed by atoms with van der Waals surface area (Å²) in [6.07, 6.45) is 3.18. The summed E-state index contributed by atoms with van der Waals surface area (Å²) >= 11 is 6.18. The Morgan fingerprint density at radius 3 is 2.66 bits per heavy atom. The fraction of sp³-hybridized carbons (Fsp3) is 0.444. The number of nitrogens with zero attached hydrogens (tertiary/aromatic N) is 6. The SMILES string of the molecule is C[C@@H](NC(=O)c1cn(COCC[Si](C)(C)C)c2ncc(-c3nn(C)c4cc(Cl)ccc34)nc12)C(=O)N1CC(F)(F)C1. The van der Waals surface area contributed by atoms with E-state index in [1.54, 1.807) is 40.8 Å². The maximum absolute atomic E-state index is 13.4. The summed E-state index contributed by atoms with van der Waals surface area (Å²) in [5, 5.41) is 8.64. The summed E-state index contributed by atoms with van der Waals surface area (Å²) in [6, 6.07) is 5.38. The number of carbonyl (C=O) groups is 2. The number of rotatable bonds is 9. The van der Waals surface area contributed by atoms with Crippen LogP contribution in [0.25, 0.3) is 33.5 Å². The Morgan fingerprint density at radius 2 is 1.98 bits per heavy atom. The predicted octanol–water partition coefficient (Wildman–Crippen LogP) is 4.55. The molecule has 1 aliphatic rings. The zero-order chi connectivity index (χ0) is 29.7. The van der Waals surface area contributed by atoms with Gasteiger partial charge in [-0.1, -0.05) is 31.2 Å². The highest BCUT2D eigenvalue weighted by molar-refractivity contribution is 6.76. The molecule has 2 amide bonds. The van der Waals surface area contributed by atoms with E-state index in [-0.39, 0.29) is 12.3 Å². The fourth-order valence-corrected chi connectivity index (χ4v) is 5.59. The minimum Gasteiger partial charge on any atom is -0.361 e. The topological polar surface area (TPSA) is 107 Å². The number of likely N-dealkylation sites (tertiary alicyclic amines) is 1. The average molecular weight is 604 g/mol. The lowest BCUT2D eigenvalue weighted by atomic mass is 10.1. The maximum atomic E-state index is 13.4. The van der Waals surface area contributed by atoms with Crippen molar-refractivity contribution in [3.8, 4) is 11.4 Å². The number of halogens is 3. The van der Waals surface area contributed by atoms with Crippen molar-refractivity contribution in [2.45, 2.75) is 51.3 Å². The van der Waals surface area contributed by atoms with E-state index < -0.39 is 44.9 Å². The van der Waals surface area contributed by atoms with Gasteiger partial charge in [-0.2, -0.15) is 5.10 Å². The Kier molecular flexibility index (Phi) is 7.64. The Hall–Kier alpha value is -3.42. The van der Waals surface area contributed by atoms with Gasteiger partial charge in [0.1, 0.15) is 29.7 Å². The molecule has 0 unspecified atom stereocenters. The van der Waals surface area contributed by atoms with Gasteiger partial charge >= 0.3 is 0 Å². The number of fused-ring (bicyclic) bond motifs is 2. The molecule has 1 aliphatic heterocycles. The number of carbonyl (C=O) groups excluding carboxylic acids is 2. The van der Waals surface area contributed by atoms with Crippen LogP contribution in [0, 0.1) is 0 Å². The lowest BCUT2D eigenvalue weighted by Gasteiger charge is -2.39. The number of amides is 2. The summed E-state index contributed by atoms with van der Waals surface area (Å²) in [6.45, 7) is 7.66. The first kappa shape index (κ1) is 29.1. The van der Waals surface area contributed by atoms with Crippen molar-refractivity contribution in [1.29, 1.82) is 0 Å². The second kappa shape index (κ2) is 10.8. The number of hydrogen-bond donors (Lipinski definition) is 1. The molecule has 0 saturated carbocycles. The minimum absolute atomic E-state index is 0.157. The third-order valence-electron chi connectivity index (χ3n) is 6.97. The number of aryl methyl sites for hydroxylation is 1. The van der Waals surface area contributed by atoms with E-state index in [1.807, 2.05) is 6.07 Å². The van der Waals surface area contributed by atoms with Crippen LogP contribution < -0.4 is 5.32 Å². The van der Waals surface area contributed by atoms with E-state index in [1.165, 1.54) is 6.92 Å². The highest BCUT2D eigenvalue weighted by Crippen LogP contribution is 2.30. The summed E-state index contributed by atoms with van der Waals surface area (Å²) < 4.78 is 35.9. The molecule has 0 aliphatic carbocycles. The second-order valence-electron chi connectivity index (χ2n) is 11.7. The van der Waals surface area contributed by atoms with Gasteiger partial charge in [-0.15, -0.1) is 0 Å². The number of ether oxygens (including phenoxy) is 1. The number of aromatic nitrogens is 5. The molecule has 3 aromatic heterocycles. The summed E-state index contributed by atoms with van der Waals surface area (Å²) in [5.74, 6) is -4.05. The highest BCUT2D eigenvalue weighted by atomic mass is 35.5. The number of nitrogens with one attached hydrogen (secondary N) is 1. The van der Waals surface area contributed by atoms with E-state index in [9.17, 15) is 18.4 Å². The van der Waals surface area contributed by atoms with Gasteiger partial charge in [0.2, 0.25) is 5.91 Å². The second-order valence-corrected chi connectivity index (χ2v) is 17.7. The van der Waals surface area contributed by atoms with Crippen LogP contribution in [0.3, 0.4) is 0 Å². The zero-order valence-electron chi connectivity index (χ0n) is 23.5. The van der Waals surface area contributed by atoms with Gasteiger partial charge in [-0.3, -0.25) is 14.3 Å². The molecule has 1 saturated heterocycles. The molecule has 4 aromatic rings. The van der Waals surface area contributed by atoms with Gasteiger partial charge in [0.25, 0.3) is 11.8 Å². The molecule has 10 nitrogen and oxygen atoms in total. The molecule has 0 bridgehead atoms. The van der Waals surface area contributed by atoms with E-state index in [0.29, 0.717) is 34.2 Å². The molecule has 218 valence electrons. The van der Waals surface area contributed by atoms with Gasteiger partial charge < -0.3 is 19.5 Å². The molecule has 41 heavy (non-hydrogen) atoms. The van der Waals surface area contributed by atoms with E-state index >= 15 is 0 Å². The largest absolute Gasteiger partial charge is 0.361 e. The molecule has 1 atom stereocenters. The maximum Gasteiger partial charge on any atom is 0.282 e. The fourth-order valence-electron chi connectivity index (χ4n) is 4.67. The summed E-state index contributed by atoms with van der Waals surface area (Å²) in [7, 11) is 0.496. The van der Waals surface area contributed by atoms with Crippen LogP contribution >= 0.6 is 11.6 Å². The van der Waals surface area contributed by atoms with Crippen molar-refractivity contribution in [1.82, 2.24) is 34.5 Å². The van der Waals surface area contributed by atoms with Crippen molar-refractivity contribution >= 4 is 53.6 Å². The molecular weight excluding hydrogens is 572 g/mol. The van der Waals surface area contributed by atoms with Crippen molar-refractivity contribution < 1.29 is 23.1 Å². The van der Waals surface area contributed by atoms with Crippen LogP contribution in [0.4, 0.5) is 8.78 Å². The molecule has 1 aromatic carbocycles. The molecular formula is C27H32ClF2N7O3Si. The van der Waals surface area contributed by atoms with E-state index in [0.717, 1.165) is 21.8 Å². The number of benzene rings is 1. The Labute approximate surface area is 241 Å². The van der Waals surface area contributed by atoms with Gasteiger partial charge in [0, 0.05) is 38.3 Å². The molecule has 0 spiro atoms. The highest BCUT2D eigenvalue weighted by Gasteiger charge is 2.47. The molecule has 14 heteroatoms. The Morgan fingerprint density at radius 1 is 1.24 bits per heavy atom. The first-order valence-electron chi connectivity index (χ1n) is 13.3. The number of hydrogen-bond acceptors (Lipinski definition) is 6. The molecule has 4 heterocycles. The quantitative estimate of drug-likeness (QED) is 0.222. The lowest BCUT2D eigenvalue weighted by Crippen LogP contribution is -2.62. The normalized spacial score (nSPS) is 15.8. The molecule has 5 rings (SSSR count). The minimum atomic E-state index is -2.89. The van der Waals surface area contributed by atoms with Crippen LogP contribution in [-0.2, 0) is 23.3 Å². The smallest absolute Gasteiger partial charge is 0.282 e. The van der Waals surface area contributed by atoms with Crippen molar-refractivity contribution in [2.24, 2.45) is 7.05 Å². The van der Waals surface area contributed by atoms with Gasteiger partial charge in [0.05, 0.1) is 30.4 Å². The molecule has 0 radical (unpaired) electrons. The first-order valence-corrected chi connectivity index (χ1v) is 17.3. The van der Waals surface area contributed by atoms with E-state index in [2.05, 4.69) is 35.0 Å². The van der Waals surface area contributed by atoms with Crippen molar-refractivity contribution in [3.05, 3.63) is 41.2 Å². The van der Waals surface area contributed by atoms with Crippen LogP contribution in [0.15, 0.2) is 30.6 Å². The molecule has 1 N–H and O–H groups in total. The number of alkyl halides is 2. The van der Waals surface area contributed by atoms with Crippen LogP contribution in [0.5, 0.6) is 0 Å². The monoisotopic (exact) mass is 603 g/mol. The van der Waals surface area contributed by atoms with Gasteiger partial charge in [0.15, 0.2) is 5.65 Å². The first-order chi connectivity index (χ1) is 19.2. The summed E-state index contributed by atoms with van der Waals surface area (Å²) in [4.78, 5) is 36.4. The molecule has 1 fully saturated rings. The van der Waals surface area contributed by atoms with Crippen molar-refractivity contribution in [2.75, 3.05) is 19.7 Å². The standard InChI is InChI=1S/C27H32ClF2N7O3Si/c1-16(26(39)37-13-27(29,30)14-37)32-25(38)19-12-36(15-40-8-9-41(3,4)5)24-23(19)33-20(11-31-24)22-18-7-6-17(28)10-21(18)35(2)34-22/h6-7,10-12,16H,8-9,13-15H2,1-5H3,(H,32,38)/t16-/m1/s1. The third kappa shape index (κ3) is 6.11. The van der Waals surface area contributed by atoms with Crippen LogP contribution in [-0.4, -0.2) is 80.8 Å². The Balaban J connectivity index is 1.47. The van der Waals surface area contributed by atoms with E-state index in [4.69, 9.17) is 21.3 Å². The Bertz CT molecular complexity index is 1640. The third-order valence-corrected chi connectivity index (χ3v) is 8.91. The van der Waals surface area contributed by atoms with Gasteiger partial charge in [-0.25, -0.2) is 18.7 Å². The van der Waals surface area contributed by atoms with Crippen LogP contribution in [0.1, 0.15) is 17.3 Å². The lowest BCUT2D eigenvalue weighted by molar-refractivity contribution is -0.167. The van der Waals surface area contributed by atoms with Crippen molar-refractivity contribution in [3.63, 3.8) is 0 Å². The summed E-state index contributed by atoms with van der Waals surface area (Å²) in [5.41, 5.74) is 2.74. The average Bonchev–Trinajstić information content (AvgIpc) is 3.41. The predicted molar refractivity (Wildman–Crippen MR) is 155 cm³/mol. The van der Waals surface area contributed by atoms with Crippen LogP contribution in [0.2, 0.25) is 30.7 Å². The van der Waals surface area contributed by atoms with Gasteiger partial charge in [-0.05, 0) is 31.2 Å².